The molecule has 0 unspecified atom stereocenters. The standard InChI is InChI=1S/C9H9N3O/c13-6-7-1-3-8(4-2-7)9-5-10-12-11-9/h1-5,13H,6H2,(H,10,11,12). The van der Waals surface area contributed by atoms with Gasteiger partial charge in [0.2, 0.25) is 0 Å². The van der Waals surface area contributed by atoms with E-state index in [0.717, 1.165) is 16.8 Å². The van der Waals surface area contributed by atoms with Crippen LogP contribution >= 0.6 is 0 Å². The van der Waals surface area contributed by atoms with Crippen LogP contribution in [0.5, 0.6) is 0 Å². The van der Waals surface area contributed by atoms with Gasteiger partial charge >= 0.3 is 0 Å². The van der Waals surface area contributed by atoms with Crippen LogP contribution in [0.3, 0.4) is 0 Å². The summed E-state index contributed by atoms with van der Waals surface area (Å²) in [7, 11) is 0. The number of H-pyrrole nitrogens is 1. The predicted molar refractivity (Wildman–Crippen MR) is 47.7 cm³/mol. The summed E-state index contributed by atoms with van der Waals surface area (Å²) in [5.74, 6) is 0. The molecule has 0 aliphatic carbocycles. The van der Waals surface area contributed by atoms with E-state index in [2.05, 4.69) is 15.4 Å². The lowest BCUT2D eigenvalue weighted by atomic mass is 10.1. The van der Waals surface area contributed by atoms with E-state index in [1.807, 2.05) is 24.3 Å². The summed E-state index contributed by atoms with van der Waals surface area (Å²) in [5.41, 5.74) is 2.70. The summed E-state index contributed by atoms with van der Waals surface area (Å²) in [6.07, 6.45) is 1.66. The smallest absolute Gasteiger partial charge is 0.112 e. The molecule has 1 heterocycles. The van der Waals surface area contributed by atoms with E-state index in [1.54, 1.807) is 6.20 Å². The van der Waals surface area contributed by atoms with Gasteiger partial charge in [-0.15, -0.1) is 0 Å². The first-order chi connectivity index (χ1) is 6.40. The van der Waals surface area contributed by atoms with Gasteiger partial charge in [0.1, 0.15) is 5.69 Å². The van der Waals surface area contributed by atoms with Crippen LogP contribution in [0.25, 0.3) is 11.3 Å². The molecule has 0 radical (unpaired) electrons. The molecule has 0 fully saturated rings. The number of aromatic nitrogens is 3. The summed E-state index contributed by atoms with van der Waals surface area (Å²) < 4.78 is 0. The zero-order valence-corrected chi connectivity index (χ0v) is 6.94. The van der Waals surface area contributed by atoms with E-state index in [0.29, 0.717) is 0 Å². The Morgan fingerprint density at radius 3 is 2.54 bits per heavy atom. The highest BCUT2D eigenvalue weighted by Gasteiger charge is 1.99. The molecule has 13 heavy (non-hydrogen) atoms. The van der Waals surface area contributed by atoms with Crippen molar-refractivity contribution >= 4 is 0 Å². The molecule has 0 amide bonds. The van der Waals surface area contributed by atoms with Crippen LogP contribution < -0.4 is 0 Å². The van der Waals surface area contributed by atoms with Crippen LogP contribution in [0.4, 0.5) is 0 Å². The third-order valence-electron chi connectivity index (χ3n) is 1.85. The zero-order chi connectivity index (χ0) is 9.10. The van der Waals surface area contributed by atoms with Gasteiger partial charge in [-0.3, -0.25) is 0 Å². The van der Waals surface area contributed by atoms with E-state index < -0.39 is 0 Å². The van der Waals surface area contributed by atoms with Crippen LogP contribution in [0.1, 0.15) is 5.56 Å². The molecule has 66 valence electrons. The Morgan fingerprint density at radius 1 is 1.23 bits per heavy atom. The van der Waals surface area contributed by atoms with Crippen molar-refractivity contribution in [1.82, 2.24) is 15.4 Å². The predicted octanol–water partition coefficient (Wildman–Crippen LogP) is 0.964. The first-order valence-electron chi connectivity index (χ1n) is 3.96. The first kappa shape index (κ1) is 7.94. The SMILES string of the molecule is OCc1ccc(-c2cn[nH]n2)cc1. The maximum Gasteiger partial charge on any atom is 0.112 e. The lowest BCUT2D eigenvalue weighted by molar-refractivity contribution is 0.282. The number of nitrogens with zero attached hydrogens (tertiary/aromatic N) is 2. The number of hydrogen-bond donors (Lipinski definition) is 2. The molecular formula is C9H9N3O. The highest BCUT2D eigenvalue weighted by molar-refractivity contribution is 5.57. The second-order valence-corrected chi connectivity index (χ2v) is 2.71. The topological polar surface area (TPSA) is 61.8 Å². The summed E-state index contributed by atoms with van der Waals surface area (Å²) >= 11 is 0. The Morgan fingerprint density at radius 2 is 2.00 bits per heavy atom. The lowest BCUT2D eigenvalue weighted by Crippen LogP contribution is -1.83. The van der Waals surface area contributed by atoms with Gasteiger partial charge in [-0.1, -0.05) is 24.3 Å². The summed E-state index contributed by atoms with van der Waals surface area (Å²) in [4.78, 5) is 0. The quantitative estimate of drug-likeness (QED) is 0.714. The minimum Gasteiger partial charge on any atom is -0.392 e. The molecule has 2 aromatic rings. The lowest BCUT2D eigenvalue weighted by Gasteiger charge is -1.97. The Bertz CT molecular complexity index is 366. The Balaban J connectivity index is 2.33. The van der Waals surface area contributed by atoms with Crippen molar-refractivity contribution in [3.63, 3.8) is 0 Å². The molecule has 2 N–H and O–H groups in total. The van der Waals surface area contributed by atoms with E-state index in [-0.39, 0.29) is 6.61 Å². The van der Waals surface area contributed by atoms with Gasteiger partial charge in [-0.2, -0.15) is 15.4 Å². The molecular weight excluding hydrogens is 166 g/mol. The van der Waals surface area contributed by atoms with Crippen LogP contribution in [0.2, 0.25) is 0 Å². The van der Waals surface area contributed by atoms with E-state index in [4.69, 9.17) is 5.11 Å². The number of benzene rings is 1. The molecule has 2 rings (SSSR count). The Hall–Kier alpha value is -1.68. The molecule has 0 spiro atoms. The molecule has 0 aliphatic heterocycles. The first-order valence-corrected chi connectivity index (χ1v) is 3.96. The average Bonchev–Trinajstić information content (AvgIpc) is 2.71. The minimum atomic E-state index is 0.0685. The molecule has 4 nitrogen and oxygen atoms in total. The zero-order valence-electron chi connectivity index (χ0n) is 6.94. The van der Waals surface area contributed by atoms with E-state index >= 15 is 0 Å². The van der Waals surface area contributed by atoms with E-state index in [9.17, 15) is 0 Å². The van der Waals surface area contributed by atoms with Crippen molar-refractivity contribution in [3.8, 4) is 11.3 Å². The average molecular weight is 175 g/mol. The van der Waals surface area contributed by atoms with Crippen molar-refractivity contribution in [1.29, 1.82) is 0 Å². The molecule has 4 heteroatoms. The minimum absolute atomic E-state index is 0.0685. The maximum absolute atomic E-state index is 8.82. The summed E-state index contributed by atoms with van der Waals surface area (Å²) in [6, 6.07) is 7.54. The maximum atomic E-state index is 8.82. The van der Waals surface area contributed by atoms with Gasteiger partial charge in [0.05, 0.1) is 12.8 Å². The normalized spacial score (nSPS) is 10.2. The third kappa shape index (κ3) is 1.57. The van der Waals surface area contributed by atoms with Crippen LogP contribution in [0.15, 0.2) is 30.5 Å². The third-order valence-corrected chi connectivity index (χ3v) is 1.85. The Labute approximate surface area is 75.2 Å². The fourth-order valence-corrected chi connectivity index (χ4v) is 1.12. The van der Waals surface area contributed by atoms with Crippen LogP contribution in [-0.2, 0) is 6.61 Å². The van der Waals surface area contributed by atoms with Crippen molar-refractivity contribution < 1.29 is 5.11 Å². The van der Waals surface area contributed by atoms with E-state index in [1.165, 1.54) is 0 Å². The van der Waals surface area contributed by atoms with Crippen LogP contribution in [0, 0.1) is 0 Å². The monoisotopic (exact) mass is 175 g/mol. The Kier molecular flexibility index (Phi) is 2.06. The fourth-order valence-electron chi connectivity index (χ4n) is 1.12. The summed E-state index contributed by atoms with van der Waals surface area (Å²) in [5, 5.41) is 19.0. The highest BCUT2D eigenvalue weighted by atomic mass is 16.3. The number of rotatable bonds is 2. The summed E-state index contributed by atoms with van der Waals surface area (Å²) in [6.45, 7) is 0.0685. The molecule has 0 aliphatic rings. The molecule has 1 aromatic heterocycles. The van der Waals surface area contributed by atoms with Crippen LogP contribution in [-0.4, -0.2) is 20.5 Å². The van der Waals surface area contributed by atoms with Gasteiger partial charge in [0.25, 0.3) is 0 Å². The van der Waals surface area contributed by atoms with Gasteiger partial charge in [-0.05, 0) is 5.56 Å². The molecule has 1 aromatic carbocycles. The largest absolute Gasteiger partial charge is 0.392 e. The van der Waals surface area contributed by atoms with Crippen molar-refractivity contribution in [2.75, 3.05) is 0 Å². The molecule has 0 saturated carbocycles. The number of hydrogen-bond acceptors (Lipinski definition) is 3. The molecule has 0 bridgehead atoms. The number of aliphatic hydroxyl groups excluding tert-OH is 1. The molecule has 0 saturated heterocycles. The van der Waals surface area contributed by atoms with Gasteiger partial charge in [0.15, 0.2) is 0 Å². The molecule has 0 atom stereocenters. The fraction of sp³-hybridized carbons (Fsp3) is 0.111. The second kappa shape index (κ2) is 3.37. The number of nitrogens with one attached hydrogen (secondary N) is 1. The highest BCUT2D eigenvalue weighted by Crippen LogP contribution is 2.15. The van der Waals surface area contributed by atoms with Crippen molar-refractivity contribution in [2.24, 2.45) is 0 Å². The number of aromatic amines is 1. The van der Waals surface area contributed by atoms with Gasteiger partial charge in [0, 0.05) is 5.56 Å². The number of aliphatic hydroxyl groups is 1. The second-order valence-electron chi connectivity index (χ2n) is 2.71. The van der Waals surface area contributed by atoms with Gasteiger partial charge < -0.3 is 5.11 Å². The van der Waals surface area contributed by atoms with Gasteiger partial charge in [-0.25, -0.2) is 0 Å². The van der Waals surface area contributed by atoms with Crippen molar-refractivity contribution in [2.45, 2.75) is 6.61 Å². The van der Waals surface area contributed by atoms with Crippen molar-refractivity contribution in [3.05, 3.63) is 36.0 Å².